The van der Waals surface area contributed by atoms with Gasteiger partial charge in [0.15, 0.2) is 0 Å². The molecule has 0 aliphatic carbocycles. The maximum atomic E-state index is 10.6. The number of aryl methyl sites for hydroxylation is 1. The number of para-hydroxylation sites is 1. The summed E-state index contributed by atoms with van der Waals surface area (Å²) in [5, 5.41) is 12.4. The van der Waals surface area contributed by atoms with E-state index >= 15 is 0 Å². The lowest BCUT2D eigenvalue weighted by Gasteiger charge is -2.12. The van der Waals surface area contributed by atoms with E-state index in [1.165, 1.54) is 0 Å². The molecule has 20 heavy (non-hydrogen) atoms. The Labute approximate surface area is 126 Å². The van der Waals surface area contributed by atoms with Crippen molar-refractivity contribution in [2.24, 2.45) is 0 Å². The Bertz CT molecular complexity index is 777. The summed E-state index contributed by atoms with van der Waals surface area (Å²) in [6.45, 7) is 1.84. The smallest absolute Gasteiger partial charge is 0.134 e. The summed E-state index contributed by atoms with van der Waals surface area (Å²) in [7, 11) is 0. The summed E-state index contributed by atoms with van der Waals surface area (Å²) < 4.78 is 5.68. The van der Waals surface area contributed by atoms with Crippen LogP contribution in [-0.2, 0) is 0 Å². The molecule has 0 aliphatic rings. The van der Waals surface area contributed by atoms with Gasteiger partial charge in [-0.05, 0) is 30.7 Å². The van der Waals surface area contributed by atoms with Gasteiger partial charge < -0.3 is 9.52 Å². The first kappa shape index (κ1) is 13.5. The first-order valence-corrected chi connectivity index (χ1v) is 6.94. The van der Waals surface area contributed by atoms with Crippen LogP contribution in [0, 0.1) is 6.92 Å². The summed E-state index contributed by atoms with van der Waals surface area (Å²) in [6, 6.07) is 12.8. The highest BCUT2D eigenvalue weighted by Gasteiger charge is 2.20. The monoisotopic (exact) mass is 306 g/mol. The van der Waals surface area contributed by atoms with E-state index in [4.69, 9.17) is 27.6 Å². The van der Waals surface area contributed by atoms with Crippen molar-refractivity contribution in [3.63, 3.8) is 0 Å². The van der Waals surface area contributed by atoms with E-state index < -0.39 is 6.10 Å². The second kappa shape index (κ2) is 5.13. The van der Waals surface area contributed by atoms with Crippen molar-refractivity contribution >= 4 is 34.2 Å². The van der Waals surface area contributed by atoms with Gasteiger partial charge in [-0.1, -0.05) is 47.5 Å². The van der Waals surface area contributed by atoms with E-state index in [2.05, 4.69) is 0 Å². The second-order valence-electron chi connectivity index (χ2n) is 4.64. The molecule has 4 heteroatoms. The third-order valence-corrected chi connectivity index (χ3v) is 4.09. The molecule has 3 rings (SSSR count). The van der Waals surface area contributed by atoms with Crippen molar-refractivity contribution in [2.45, 2.75) is 13.0 Å². The van der Waals surface area contributed by atoms with Crippen LogP contribution in [0.15, 0.2) is 46.9 Å². The molecule has 0 spiro atoms. The van der Waals surface area contributed by atoms with Crippen molar-refractivity contribution < 1.29 is 9.52 Å². The summed E-state index contributed by atoms with van der Waals surface area (Å²) in [4.78, 5) is 0. The van der Waals surface area contributed by atoms with Gasteiger partial charge in [-0.2, -0.15) is 0 Å². The van der Waals surface area contributed by atoms with Gasteiger partial charge >= 0.3 is 0 Å². The van der Waals surface area contributed by atoms with Gasteiger partial charge in [-0.3, -0.25) is 0 Å². The number of benzene rings is 2. The van der Waals surface area contributed by atoms with E-state index in [1.807, 2.05) is 31.2 Å². The zero-order valence-corrected chi connectivity index (χ0v) is 12.2. The molecule has 2 nitrogen and oxygen atoms in total. The van der Waals surface area contributed by atoms with E-state index in [9.17, 15) is 5.11 Å². The van der Waals surface area contributed by atoms with Crippen LogP contribution in [0.1, 0.15) is 23.0 Å². The van der Waals surface area contributed by atoms with E-state index in [0.717, 1.165) is 16.5 Å². The lowest BCUT2D eigenvalue weighted by molar-refractivity contribution is 0.219. The quantitative estimate of drug-likeness (QED) is 0.712. The molecular formula is C16H12Cl2O2. The molecule has 0 amide bonds. The topological polar surface area (TPSA) is 33.4 Å². The molecular weight excluding hydrogens is 295 g/mol. The Morgan fingerprint density at radius 1 is 1.05 bits per heavy atom. The van der Waals surface area contributed by atoms with Crippen LogP contribution in [0.4, 0.5) is 0 Å². The number of halogens is 2. The summed E-state index contributed by atoms with van der Waals surface area (Å²) in [5.41, 5.74) is 2.21. The minimum absolute atomic E-state index is 0.425. The highest BCUT2D eigenvalue weighted by Crippen LogP contribution is 2.35. The highest BCUT2D eigenvalue weighted by atomic mass is 35.5. The molecule has 1 heterocycles. The standard InChI is InChI=1S/C16H12Cl2O2/c1-9-15(11-4-2-3-5-14(11)20-9)16(19)10-6-7-12(17)13(18)8-10/h2-8,16,19H,1H3. The van der Waals surface area contributed by atoms with Crippen LogP contribution in [0.2, 0.25) is 10.0 Å². The molecule has 1 aromatic heterocycles. The van der Waals surface area contributed by atoms with Crippen LogP contribution in [0.25, 0.3) is 11.0 Å². The number of aliphatic hydroxyl groups is 1. The number of aliphatic hydroxyl groups excluding tert-OH is 1. The predicted octanol–water partition coefficient (Wildman–Crippen LogP) is 5.13. The van der Waals surface area contributed by atoms with Crippen molar-refractivity contribution in [1.82, 2.24) is 0 Å². The summed E-state index contributed by atoms with van der Waals surface area (Å²) in [6.07, 6.45) is -0.798. The van der Waals surface area contributed by atoms with Crippen molar-refractivity contribution in [2.75, 3.05) is 0 Å². The van der Waals surface area contributed by atoms with Gasteiger partial charge in [-0.15, -0.1) is 0 Å². The third kappa shape index (κ3) is 2.20. The fourth-order valence-electron chi connectivity index (χ4n) is 2.38. The third-order valence-electron chi connectivity index (χ3n) is 3.35. The zero-order chi connectivity index (χ0) is 14.3. The van der Waals surface area contributed by atoms with Crippen LogP contribution in [0.3, 0.4) is 0 Å². The first-order chi connectivity index (χ1) is 9.58. The molecule has 0 fully saturated rings. The summed E-state index contributed by atoms with van der Waals surface area (Å²) in [5.74, 6) is 0.699. The Balaban J connectivity index is 2.14. The second-order valence-corrected chi connectivity index (χ2v) is 5.46. The molecule has 1 N–H and O–H groups in total. The average molecular weight is 307 g/mol. The van der Waals surface area contributed by atoms with Crippen molar-refractivity contribution in [3.05, 3.63) is 69.4 Å². The lowest BCUT2D eigenvalue weighted by atomic mass is 9.99. The maximum Gasteiger partial charge on any atom is 0.134 e. The van der Waals surface area contributed by atoms with E-state index in [-0.39, 0.29) is 0 Å². The molecule has 102 valence electrons. The Hall–Kier alpha value is -1.48. The molecule has 0 saturated carbocycles. The highest BCUT2D eigenvalue weighted by molar-refractivity contribution is 6.42. The molecule has 2 aromatic carbocycles. The van der Waals surface area contributed by atoms with Crippen molar-refractivity contribution in [1.29, 1.82) is 0 Å². The number of fused-ring (bicyclic) bond motifs is 1. The SMILES string of the molecule is Cc1oc2ccccc2c1C(O)c1ccc(Cl)c(Cl)c1. The van der Waals surface area contributed by atoms with Crippen LogP contribution in [0.5, 0.6) is 0 Å². The van der Waals surface area contributed by atoms with Gasteiger partial charge in [0.05, 0.1) is 10.0 Å². The number of furan rings is 1. The van der Waals surface area contributed by atoms with Crippen LogP contribution in [-0.4, -0.2) is 5.11 Å². The number of rotatable bonds is 2. The number of hydrogen-bond donors (Lipinski definition) is 1. The fraction of sp³-hybridized carbons (Fsp3) is 0.125. The van der Waals surface area contributed by atoms with Gasteiger partial charge in [0.1, 0.15) is 17.4 Å². The minimum Gasteiger partial charge on any atom is -0.461 e. The molecule has 3 aromatic rings. The molecule has 0 bridgehead atoms. The molecule has 1 atom stereocenters. The lowest BCUT2D eigenvalue weighted by Crippen LogP contribution is -2.00. The molecule has 1 unspecified atom stereocenters. The fourth-order valence-corrected chi connectivity index (χ4v) is 2.68. The Morgan fingerprint density at radius 2 is 1.80 bits per heavy atom. The molecule has 0 saturated heterocycles. The zero-order valence-electron chi connectivity index (χ0n) is 10.7. The Kier molecular flexibility index (Phi) is 3.47. The molecule has 0 radical (unpaired) electrons. The van der Waals surface area contributed by atoms with Gasteiger partial charge in [-0.25, -0.2) is 0 Å². The van der Waals surface area contributed by atoms with Crippen molar-refractivity contribution in [3.8, 4) is 0 Å². The predicted molar refractivity (Wildman–Crippen MR) is 81.5 cm³/mol. The Morgan fingerprint density at radius 3 is 2.55 bits per heavy atom. The maximum absolute atomic E-state index is 10.6. The van der Waals surface area contributed by atoms with E-state index in [0.29, 0.717) is 21.4 Å². The first-order valence-electron chi connectivity index (χ1n) is 6.19. The van der Waals surface area contributed by atoms with Crippen LogP contribution < -0.4 is 0 Å². The van der Waals surface area contributed by atoms with Gasteiger partial charge in [0.2, 0.25) is 0 Å². The van der Waals surface area contributed by atoms with Gasteiger partial charge in [0, 0.05) is 10.9 Å². The average Bonchev–Trinajstić information content (AvgIpc) is 2.77. The van der Waals surface area contributed by atoms with Gasteiger partial charge in [0.25, 0.3) is 0 Å². The normalized spacial score (nSPS) is 12.8. The number of hydrogen-bond acceptors (Lipinski definition) is 2. The van der Waals surface area contributed by atoms with Crippen LogP contribution >= 0.6 is 23.2 Å². The van der Waals surface area contributed by atoms with E-state index in [1.54, 1.807) is 18.2 Å². The summed E-state index contributed by atoms with van der Waals surface area (Å²) >= 11 is 11.9. The minimum atomic E-state index is -0.798. The largest absolute Gasteiger partial charge is 0.461 e. The molecule has 0 aliphatic heterocycles.